The van der Waals surface area contributed by atoms with Crippen molar-refractivity contribution in [1.82, 2.24) is 24.9 Å². The van der Waals surface area contributed by atoms with Gasteiger partial charge in [-0.1, -0.05) is 42.4 Å². The quantitative estimate of drug-likeness (QED) is 0.718. The maximum atomic E-state index is 12.7. The molecule has 0 atom stereocenters. The molecule has 2 aliphatic rings. The van der Waals surface area contributed by atoms with Gasteiger partial charge in [0.25, 0.3) is 5.89 Å². The minimum absolute atomic E-state index is 0.0597. The van der Waals surface area contributed by atoms with Gasteiger partial charge in [0.05, 0.1) is 0 Å². The number of carbonyl (C=O) groups excluding carboxylic acids is 2. The summed E-state index contributed by atoms with van der Waals surface area (Å²) in [6.07, 6.45) is 1.78. The van der Waals surface area contributed by atoms with Crippen molar-refractivity contribution >= 4 is 17.5 Å². The van der Waals surface area contributed by atoms with Gasteiger partial charge >= 0.3 is 0 Å². The van der Waals surface area contributed by atoms with Gasteiger partial charge in [-0.15, -0.1) is 0 Å². The maximum Gasteiger partial charge on any atom is 0.274 e. The zero-order chi connectivity index (χ0) is 20.9. The average Bonchev–Trinajstić information content (AvgIpc) is 3.27. The fourth-order valence-corrected chi connectivity index (χ4v) is 3.69. The molecule has 1 fully saturated rings. The minimum Gasteiger partial charge on any atom is -0.339 e. The van der Waals surface area contributed by atoms with Crippen molar-refractivity contribution in [3.05, 3.63) is 36.2 Å². The van der Waals surface area contributed by atoms with Crippen LogP contribution in [0.1, 0.15) is 32.1 Å². The lowest BCUT2D eigenvalue weighted by Crippen LogP contribution is -2.51. The second kappa shape index (κ2) is 9.17. The summed E-state index contributed by atoms with van der Waals surface area (Å²) in [6.45, 7) is 6.24. The highest BCUT2D eigenvalue weighted by atomic mass is 16.5. The molecule has 4 rings (SSSR count). The molecule has 9 nitrogen and oxygen atoms in total. The van der Waals surface area contributed by atoms with Crippen LogP contribution in [0.5, 0.6) is 0 Å². The first-order valence-electron chi connectivity index (χ1n) is 10.4. The number of hydrazone groups is 1. The first-order chi connectivity index (χ1) is 14.6. The van der Waals surface area contributed by atoms with Crippen LogP contribution in [0.4, 0.5) is 0 Å². The molecular weight excluding hydrogens is 384 g/mol. The third-order valence-corrected chi connectivity index (χ3v) is 5.36. The number of amides is 2. The van der Waals surface area contributed by atoms with Gasteiger partial charge in [0.15, 0.2) is 0 Å². The first kappa shape index (κ1) is 20.2. The van der Waals surface area contributed by atoms with Gasteiger partial charge in [0.2, 0.25) is 17.6 Å². The van der Waals surface area contributed by atoms with E-state index in [0.29, 0.717) is 31.0 Å². The number of nitrogens with zero attached hydrogens (tertiary/aromatic N) is 6. The van der Waals surface area contributed by atoms with Crippen LogP contribution < -0.4 is 0 Å². The standard InChI is InChI=1S/C21H26N6O3/c1-2-10-25-11-13-26(14-12-25)19(29)15-27-18(28)9-8-17(23-27)21-22-20(24-30-21)16-6-4-3-5-7-16/h3-7H,2,8-15H2,1H3. The SMILES string of the molecule is CCCN1CCN(C(=O)CN2N=C(c3nc(-c4ccccc4)no3)CCC2=O)CC1. The number of piperazine rings is 1. The lowest BCUT2D eigenvalue weighted by Gasteiger charge is -2.35. The normalized spacial score (nSPS) is 17.9. The van der Waals surface area contributed by atoms with Gasteiger partial charge in [-0.05, 0) is 13.0 Å². The Balaban J connectivity index is 1.42. The lowest BCUT2D eigenvalue weighted by atomic mass is 10.1. The third kappa shape index (κ3) is 4.56. The molecule has 3 heterocycles. The number of hydrogen-bond acceptors (Lipinski definition) is 7. The van der Waals surface area contributed by atoms with Gasteiger partial charge in [0.1, 0.15) is 12.3 Å². The smallest absolute Gasteiger partial charge is 0.274 e. The molecule has 158 valence electrons. The van der Waals surface area contributed by atoms with Gasteiger partial charge in [-0.3, -0.25) is 14.5 Å². The summed E-state index contributed by atoms with van der Waals surface area (Å²) in [5.41, 5.74) is 1.37. The molecule has 0 spiro atoms. The van der Waals surface area contributed by atoms with Gasteiger partial charge < -0.3 is 9.42 Å². The van der Waals surface area contributed by atoms with Gasteiger partial charge in [0, 0.05) is 44.6 Å². The third-order valence-electron chi connectivity index (χ3n) is 5.36. The highest BCUT2D eigenvalue weighted by molar-refractivity contribution is 6.01. The number of rotatable bonds is 6. The molecule has 0 bridgehead atoms. The highest BCUT2D eigenvalue weighted by Crippen LogP contribution is 2.19. The summed E-state index contributed by atoms with van der Waals surface area (Å²) in [6, 6.07) is 9.51. The van der Waals surface area contributed by atoms with E-state index in [-0.39, 0.29) is 30.7 Å². The Morgan fingerprint density at radius 3 is 2.60 bits per heavy atom. The molecule has 1 saturated heterocycles. The topological polar surface area (TPSA) is 95.1 Å². The zero-order valence-corrected chi connectivity index (χ0v) is 17.2. The molecule has 2 aromatic rings. The van der Waals surface area contributed by atoms with E-state index in [1.54, 1.807) is 0 Å². The Labute approximate surface area is 175 Å². The van der Waals surface area contributed by atoms with Gasteiger partial charge in [-0.25, -0.2) is 5.01 Å². The van der Waals surface area contributed by atoms with E-state index in [4.69, 9.17) is 4.52 Å². The second-order valence-electron chi connectivity index (χ2n) is 7.51. The van der Waals surface area contributed by atoms with E-state index in [2.05, 4.69) is 27.1 Å². The molecule has 1 aromatic carbocycles. The van der Waals surface area contributed by atoms with E-state index in [1.807, 2.05) is 35.2 Å². The predicted octanol–water partition coefficient (Wildman–Crippen LogP) is 1.62. The molecule has 0 aliphatic carbocycles. The first-order valence-corrected chi connectivity index (χ1v) is 10.4. The molecule has 30 heavy (non-hydrogen) atoms. The molecule has 2 aliphatic heterocycles. The second-order valence-corrected chi connectivity index (χ2v) is 7.51. The van der Waals surface area contributed by atoms with Crippen LogP contribution in [0.3, 0.4) is 0 Å². The van der Waals surface area contributed by atoms with Crippen LogP contribution in [0.2, 0.25) is 0 Å². The Morgan fingerprint density at radius 2 is 1.87 bits per heavy atom. The Bertz CT molecular complexity index is 918. The molecule has 0 radical (unpaired) electrons. The van der Waals surface area contributed by atoms with Crippen molar-refractivity contribution in [3.8, 4) is 11.4 Å². The fraction of sp³-hybridized carbons (Fsp3) is 0.476. The largest absolute Gasteiger partial charge is 0.339 e. The van der Waals surface area contributed by atoms with E-state index in [1.165, 1.54) is 5.01 Å². The van der Waals surface area contributed by atoms with E-state index in [0.717, 1.165) is 31.6 Å². The van der Waals surface area contributed by atoms with Crippen molar-refractivity contribution in [1.29, 1.82) is 0 Å². The molecule has 2 amide bonds. The van der Waals surface area contributed by atoms with Crippen molar-refractivity contribution in [3.63, 3.8) is 0 Å². The van der Waals surface area contributed by atoms with E-state index in [9.17, 15) is 9.59 Å². The monoisotopic (exact) mass is 410 g/mol. The molecule has 1 aromatic heterocycles. The van der Waals surface area contributed by atoms with Crippen molar-refractivity contribution in [2.75, 3.05) is 39.3 Å². The lowest BCUT2D eigenvalue weighted by molar-refractivity contribution is -0.141. The number of hydrogen-bond donors (Lipinski definition) is 0. The van der Waals surface area contributed by atoms with E-state index < -0.39 is 0 Å². The van der Waals surface area contributed by atoms with Gasteiger partial charge in [-0.2, -0.15) is 10.1 Å². The van der Waals surface area contributed by atoms with Crippen LogP contribution in [0.15, 0.2) is 40.0 Å². The Morgan fingerprint density at radius 1 is 1.10 bits per heavy atom. The van der Waals surface area contributed by atoms with Crippen LogP contribution >= 0.6 is 0 Å². The molecule has 9 heteroatoms. The van der Waals surface area contributed by atoms with Crippen LogP contribution in [0, 0.1) is 0 Å². The molecule has 0 unspecified atom stereocenters. The van der Waals surface area contributed by atoms with Crippen molar-refractivity contribution in [2.45, 2.75) is 26.2 Å². The Kier molecular flexibility index (Phi) is 6.18. The molecule has 0 saturated carbocycles. The number of aromatic nitrogens is 2. The molecule has 0 N–H and O–H groups in total. The maximum absolute atomic E-state index is 12.7. The van der Waals surface area contributed by atoms with Crippen molar-refractivity contribution in [2.24, 2.45) is 5.10 Å². The summed E-state index contributed by atoms with van der Waals surface area (Å²) in [5, 5.41) is 9.62. The van der Waals surface area contributed by atoms with Crippen LogP contribution in [-0.4, -0.2) is 81.7 Å². The van der Waals surface area contributed by atoms with E-state index >= 15 is 0 Å². The summed E-state index contributed by atoms with van der Waals surface area (Å²) < 4.78 is 5.37. The summed E-state index contributed by atoms with van der Waals surface area (Å²) in [5.74, 6) is 0.504. The molecular formula is C21H26N6O3. The summed E-state index contributed by atoms with van der Waals surface area (Å²) >= 11 is 0. The highest BCUT2D eigenvalue weighted by Gasteiger charge is 2.29. The van der Waals surface area contributed by atoms with Crippen LogP contribution in [0.25, 0.3) is 11.4 Å². The Hall–Kier alpha value is -3.07. The summed E-state index contributed by atoms with van der Waals surface area (Å²) in [4.78, 5) is 33.6. The zero-order valence-electron chi connectivity index (χ0n) is 17.2. The summed E-state index contributed by atoms with van der Waals surface area (Å²) in [7, 11) is 0. The minimum atomic E-state index is -0.167. The van der Waals surface area contributed by atoms with Crippen LogP contribution in [-0.2, 0) is 9.59 Å². The predicted molar refractivity (Wildman–Crippen MR) is 111 cm³/mol. The fourth-order valence-electron chi connectivity index (χ4n) is 3.69. The number of carbonyl (C=O) groups is 2. The average molecular weight is 410 g/mol. The van der Waals surface area contributed by atoms with Crippen molar-refractivity contribution < 1.29 is 14.1 Å². The number of benzene rings is 1.